The normalized spacial score (nSPS) is 14.4. The summed E-state index contributed by atoms with van der Waals surface area (Å²) in [4.78, 5) is 11.2. The van der Waals surface area contributed by atoms with Gasteiger partial charge in [-0.3, -0.25) is 4.68 Å². The summed E-state index contributed by atoms with van der Waals surface area (Å²) in [6.45, 7) is 4.06. The molecule has 0 aromatic carbocycles. The maximum absolute atomic E-state index is 11.2. The summed E-state index contributed by atoms with van der Waals surface area (Å²) in [7, 11) is 3.12. The van der Waals surface area contributed by atoms with Gasteiger partial charge < -0.3 is 15.2 Å². The number of esters is 1. The van der Waals surface area contributed by atoms with Crippen molar-refractivity contribution in [3.63, 3.8) is 0 Å². The molecule has 2 N–H and O–H groups in total. The van der Waals surface area contributed by atoms with Crippen LogP contribution in [-0.2, 0) is 23.1 Å². The van der Waals surface area contributed by atoms with Crippen LogP contribution in [0.3, 0.4) is 0 Å². The molecular weight excluding hydrogens is 222 g/mol. The number of aliphatic hydroxyl groups is 1. The number of nitrogens with one attached hydrogen (secondary N) is 1. The highest BCUT2D eigenvalue weighted by Crippen LogP contribution is 2.07. The van der Waals surface area contributed by atoms with Crippen LogP contribution in [0, 0.1) is 6.92 Å². The number of nitrogens with zero attached hydrogens (tertiary/aromatic N) is 2. The largest absolute Gasteiger partial charge is 0.467 e. The lowest BCUT2D eigenvalue weighted by molar-refractivity contribution is -0.159. The van der Waals surface area contributed by atoms with Gasteiger partial charge in [-0.2, -0.15) is 5.10 Å². The van der Waals surface area contributed by atoms with Crippen LogP contribution in [0.1, 0.15) is 18.2 Å². The van der Waals surface area contributed by atoms with Crippen LogP contribution in [0.5, 0.6) is 0 Å². The molecule has 0 bridgehead atoms. The second kappa shape index (κ2) is 5.29. The van der Waals surface area contributed by atoms with Crippen molar-refractivity contribution in [3.05, 3.63) is 17.5 Å². The second-order valence-electron chi connectivity index (χ2n) is 4.25. The summed E-state index contributed by atoms with van der Waals surface area (Å²) in [5.41, 5.74) is 0.577. The number of aromatic nitrogens is 2. The van der Waals surface area contributed by atoms with Gasteiger partial charge in [0.15, 0.2) is 5.60 Å². The first kappa shape index (κ1) is 13.7. The van der Waals surface area contributed by atoms with Crippen molar-refractivity contribution in [1.29, 1.82) is 0 Å². The van der Waals surface area contributed by atoms with Crippen LogP contribution in [0.15, 0.2) is 6.20 Å². The Balaban J connectivity index is 2.48. The number of ether oxygens (including phenoxy) is 1. The molecule has 6 nitrogen and oxygen atoms in total. The van der Waals surface area contributed by atoms with Crippen LogP contribution in [0.25, 0.3) is 0 Å². The zero-order valence-corrected chi connectivity index (χ0v) is 10.6. The van der Waals surface area contributed by atoms with Gasteiger partial charge in [-0.1, -0.05) is 0 Å². The van der Waals surface area contributed by atoms with Gasteiger partial charge in [0.2, 0.25) is 0 Å². The molecule has 1 atom stereocenters. The van der Waals surface area contributed by atoms with E-state index in [2.05, 4.69) is 15.2 Å². The van der Waals surface area contributed by atoms with Crippen molar-refractivity contribution in [1.82, 2.24) is 15.1 Å². The highest BCUT2D eigenvalue weighted by atomic mass is 16.5. The molecule has 1 heterocycles. The zero-order chi connectivity index (χ0) is 13.1. The fourth-order valence-corrected chi connectivity index (χ4v) is 1.45. The number of hydrogen-bond donors (Lipinski definition) is 2. The molecule has 0 amide bonds. The van der Waals surface area contributed by atoms with Crippen molar-refractivity contribution in [2.45, 2.75) is 26.0 Å². The van der Waals surface area contributed by atoms with Gasteiger partial charge in [-0.25, -0.2) is 4.79 Å². The maximum atomic E-state index is 11.2. The third-order valence-electron chi connectivity index (χ3n) is 2.75. The van der Waals surface area contributed by atoms with Crippen molar-refractivity contribution in [3.8, 4) is 0 Å². The van der Waals surface area contributed by atoms with Gasteiger partial charge >= 0.3 is 5.97 Å². The lowest BCUT2D eigenvalue weighted by Gasteiger charge is -2.20. The number of aryl methyl sites for hydroxylation is 1. The van der Waals surface area contributed by atoms with Gasteiger partial charge in [0.05, 0.1) is 13.3 Å². The predicted octanol–water partition coefficient (Wildman–Crippen LogP) is -0.258. The molecule has 0 saturated carbocycles. The summed E-state index contributed by atoms with van der Waals surface area (Å²) in [5.74, 6) is -0.645. The Morgan fingerprint density at radius 1 is 1.71 bits per heavy atom. The molecule has 96 valence electrons. The molecule has 1 aromatic heterocycles. The van der Waals surface area contributed by atoms with E-state index in [0.29, 0.717) is 6.54 Å². The third-order valence-corrected chi connectivity index (χ3v) is 2.75. The number of methoxy groups -OCH3 is 1. The Bertz CT molecular complexity index is 399. The zero-order valence-electron chi connectivity index (χ0n) is 10.6. The van der Waals surface area contributed by atoms with Crippen LogP contribution in [-0.4, -0.2) is 40.1 Å². The van der Waals surface area contributed by atoms with E-state index in [0.717, 1.165) is 11.3 Å². The molecule has 0 spiro atoms. The van der Waals surface area contributed by atoms with Crippen molar-refractivity contribution in [2.75, 3.05) is 13.7 Å². The van der Waals surface area contributed by atoms with Gasteiger partial charge in [-0.15, -0.1) is 0 Å². The Hall–Kier alpha value is -1.40. The number of carbonyl (C=O) groups is 1. The average Bonchev–Trinajstić information content (AvgIpc) is 2.59. The summed E-state index contributed by atoms with van der Waals surface area (Å²) in [6, 6.07) is 0. The fraction of sp³-hybridized carbons (Fsp3) is 0.636. The summed E-state index contributed by atoms with van der Waals surface area (Å²) < 4.78 is 6.27. The standard InChI is InChI=1S/C11H19N3O3/c1-8-9(6-13-14(8)3)5-12-7-11(2,16)10(15)17-4/h6,12,16H,5,7H2,1-4H3. The molecule has 17 heavy (non-hydrogen) atoms. The van der Waals surface area contributed by atoms with E-state index in [1.165, 1.54) is 14.0 Å². The quantitative estimate of drug-likeness (QED) is 0.695. The molecule has 6 heteroatoms. The highest BCUT2D eigenvalue weighted by Gasteiger charge is 2.30. The number of rotatable bonds is 5. The molecule has 0 aliphatic rings. The first-order valence-corrected chi connectivity index (χ1v) is 5.37. The van der Waals surface area contributed by atoms with Crippen LogP contribution >= 0.6 is 0 Å². The van der Waals surface area contributed by atoms with Gasteiger partial charge in [0.25, 0.3) is 0 Å². The number of carbonyl (C=O) groups excluding carboxylic acids is 1. The van der Waals surface area contributed by atoms with Crippen molar-refractivity contribution in [2.24, 2.45) is 7.05 Å². The second-order valence-corrected chi connectivity index (χ2v) is 4.25. The monoisotopic (exact) mass is 241 g/mol. The molecular formula is C11H19N3O3. The molecule has 1 aromatic rings. The molecule has 0 aliphatic carbocycles. The predicted molar refractivity (Wildman–Crippen MR) is 62.3 cm³/mol. The minimum atomic E-state index is -1.51. The van der Waals surface area contributed by atoms with Gasteiger partial charge in [-0.05, 0) is 13.8 Å². The van der Waals surface area contributed by atoms with Crippen molar-refractivity contribution < 1.29 is 14.6 Å². The summed E-state index contributed by atoms with van der Waals surface area (Å²) in [5, 5.41) is 16.9. The van der Waals surface area contributed by atoms with E-state index >= 15 is 0 Å². The van der Waals surface area contributed by atoms with Gasteiger partial charge in [0.1, 0.15) is 0 Å². The van der Waals surface area contributed by atoms with E-state index < -0.39 is 11.6 Å². The maximum Gasteiger partial charge on any atom is 0.338 e. The molecule has 0 radical (unpaired) electrons. The average molecular weight is 241 g/mol. The first-order valence-electron chi connectivity index (χ1n) is 5.37. The van der Waals surface area contributed by atoms with Crippen LogP contribution < -0.4 is 5.32 Å². The molecule has 0 aliphatic heterocycles. The Morgan fingerprint density at radius 2 is 2.35 bits per heavy atom. The molecule has 1 rings (SSSR count). The topological polar surface area (TPSA) is 76.4 Å². The Morgan fingerprint density at radius 3 is 2.82 bits per heavy atom. The fourth-order valence-electron chi connectivity index (χ4n) is 1.45. The minimum Gasteiger partial charge on any atom is -0.467 e. The Kier molecular flexibility index (Phi) is 4.25. The molecule has 0 saturated heterocycles. The van der Waals surface area contributed by atoms with E-state index in [9.17, 15) is 9.90 Å². The van der Waals surface area contributed by atoms with Crippen molar-refractivity contribution >= 4 is 5.97 Å². The van der Waals surface area contributed by atoms with Crippen LogP contribution in [0.2, 0.25) is 0 Å². The van der Waals surface area contributed by atoms with E-state index in [-0.39, 0.29) is 6.54 Å². The van der Waals surface area contributed by atoms with E-state index in [4.69, 9.17) is 0 Å². The highest BCUT2D eigenvalue weighted by molar-refractivity contribution is 5.78. The smallest absolute Gasteiger partial charge is 0.338 e. The van der Waals surface area contributed by atoms with Gasteiger partial charge in [0, 0.05) is 31.4 Å². The minimum absolute atomic E-state index is 0.133. The first-order chi connectivity index (χ1) is 7.88. The van der Waals surface area contributed by atoms with E-state index in [1.54, 1.807) is 10.9 Å². The lowest BCUT2D eigenvalue weighted by Crippen LogP contribution is -2.45. The number of hydrogen-bond acceptors (Lipinski definition) is 5. The third kappa shape index (κ3) is 3.28. The summed E-state index contributed by atoms with van der Waals surface area (Å²) in [6.07, 6.45) is 1.76. The van der Waals surface area contributed by atoms with Crippen LogP contribution in [0.4, 0.5) is 0 Å². The SMILES string of the molecule is COC(=O)C(C)(O)CNCc1cnn(C)c1C. The molecule has 0 fully saturated rings. The van der Waals surface area contributed by atoms with E-state index in [1.807, 2.05) is 14.0 Å². The Labute approximate surface area is 101 Å². The molecule has 1 unspecified atom stereocenters. The summed E-state index contributed by atoms with van der Waals surface area (Å²) >= 11 is 0. The lowest BCUT2D eigenvalue weighted by atomic mass is 10.1.